The summed E-state index contributed by atoms with van der Waals surface area (Å²) in [5.41, 5.74) is 1.95. The molecule has 0 spiro atoms. The lowest BCUT2D eigenvalue weighted by Gasteiger charge is -2.12. The predicted octanol–water partition coefficient (Wildman–Crippen LogP) is 5.05. The molecule has 0 saturated heterocycles. The summed E-state index contributed by atoms with van der Waals surface area (Å²) in [6.07, 6.45) is 4.07. The maximum atomic E-state index is 11.9. The molecule has 26 heavy (non-hydrogen) atoms. The van der Waals surface area contributed by atoms with Gasteiger partial charge in [-0.2, -0.15) is 0 Å². The van der Waals surface area contributed by atoms with Crippen LogP contribution in [-0.4, -0.2) is 19.7 Å². The SMILES string of the molecule is COc1cc(/C=C/C(=O)Oc2ccc(C)cc2)ccc1OCCC(C)C. The monoisotopic (exact) mass is 354 g/mol. The fraction of sp³-hybridized carbons (Fsp3) is 0.318. The lowest BCUT2D eigenvalue weighted by molar-refractivity contribution is -0.128. The highest BCUT2D eigenvalue weighted by Crippen LogP contribution is 2.29. The molecule has 0 bridgehead atoms. The Morgan fingerprint density at radius 2 is 1.81 bits per heavy atom. The number of methoxy groups -OCH3 is 1. The molecule has 0 fully saturated rings. The Hall–Kier alpha value is -2.75. The van der Waals surface area contributed by atoms with Crippen molar-refractivity contribution in [3.8, 4) is 17.2 Å². The van der Waals surface area contributed by atoms with Gasteiger partial charge >= 0.3 is 5.97 Å². The highest BCUT2D eigenvalue weighted by atomic mass is 16.5. The molecule has 4 nitrogen and oxygen atoms in total. The van der Waals surface area contributed by atoms with Gasteiger partial charge in [-0.05, 0) is 55.2 Å². The van der Waals surface area contributed by atoms with Gasteiger partial charge in [0.2, 0.25) is 0 Å². The fourth-order valence-electron chi connectivity index (χ4n) is 2.23. The van der Waals surface area contributed by atoms with Crippen LogP contribution < -0.4 is 14.2 Å². The molecule has 0 atom stereocenters. The van der Waals surface area contributed by atoms with Gasteiger partial charge in [-0.25, -0.2) is 4.79 Å². The van der Waals surface area contributed by atoms with Crippen LogP contribution in [0, 0.1) is 12.8 Å². The Morgan fingerprint density at radius 1 is 1.08 bits per heavy atom. The third kappa shape index (κ3) is 6.28. The molecule has 0 radical (unpaired) electrons. The van der Waals surface area contributed by atoms with E-state index in [0.29, 0.717) is 29.8 Å². The van der Waals surface area contributed by atoms with Crippen molar-refractivity contribution in [1.29, 1.82) is 0 Å². The number of hydrogen-bond donors (Lipinski definition) is 0. The van der Waals surface area contributed by atoms with Gasteiger partial charge in [-0.15, -0.1) is 0 Å². The second-order valence-corrected chi connectivity index (χ2v) is 6.51. The summed E-state index contributed by atoms with van der Waals surface area (Å²) >= 11 is 0. The molecule has 2 rings (SSSR count). The number of aryl methyl sites for hydroxylation is 1. The molecular weight excluding hydrogens is 328 g/mol. The van der Waals surface area contributed by atoms with Crippen molar-refractivity contribution in [1.82, 2.24) is 0 Å². The van der Waals surface area contributed by atoms with Gasteiger partial charge in [-0.1, -0.05) is 37.6 Å². The van der Waals surface area contributed by atoms with Crippen LogP contribution in [-0.2, 0) is 4.79 Å². The minimum atomic E-state index is -0.426. The van der Waals surface area contributed by atoms with Gasteiger partial charge in [0, 0.05) is 6.08 Å². The molecule has 0 saturated carbocycles. The average molecular weight is 354 g/mol. The largest absolute Gasteiger partial charge is 0.493 e. The van der Waals surface area contributed by atoms with E-state index in [1.54, 1.807) is 25.3 Å². The van der Waals surface area contributed by atoms with Crippen molar-refractivity contribution in [3.05, 3.63) is 59.7 Å². The fourth-order valence-corrected chi connectivity index (χ4v) is 2.23. The van der Waals surface area contributed by atoms with Crippen molar-refractivity contribution < 1.29 is 19.0 Å². The summed E-state index contributed by atoms with van der Waals surface area (Å²) in [6.45, 7) is 6.94. The first kappa shape index (κ1) is 19.6. The van der Waals surface area contributed by atoms with E-state index in [1.165, 1.54) is 6.08 Å². The summed E-state index contributed by atoms with van der Waals surface area (Å²) in [6, 6.07) is 12.9. The third-order valence-electron chi connectivity index (χ3n) is 3.79. The molecule has 0 aliphatic carbocycles. The number of carbonyl (C=O) groups excluding carboxylic acids is 1. The van der Waals surface area contributed by atoms with Crippen molar-refractivity contribution in [3.63, 3.8) is 0 Å². The summed E-state index contributed by atoms with van der Waals surface area (Å²) < 4.78 is 16.4. The molecule has 0 unspecified atom stereocenters. The normalized spacial score (nSPS) is 11.0. The highest BCUT2D eigenvalue weighted by molar-refractivity contribution is 5.88. The Bertz CT molecular complexity index is 745. The first-order valence-electron chi connectivity index (χ1n) is 8.75. The lowest BCUT2D eigenvalue weighted by atomic mass is 10.1. The number of rotatable bonds is 8. The molecule has 4 heteroatoms. The van der Waals surface area contributed by atoms with Crippen molar-refractivity contribution in [2.45, 2.75) is 27.2 Å². The molecular formula is C22H26O4. The Balaban J connectivity index is 1.98. The minimum absolute atomic E-state index is 0.426. The molecule has 138 valence electrons. The highest BCUT2D eigenvalue weighted by Gasteiger charge is 2.06. The van der Waals surface area contributed by atoms with Gasteiger partial charge in [0.1, 0.15) is 5.75 Å². The van der Waals surface area contributed by atoms with E-state index in [4.69, 9.17) is 14.2 Å². The van der Waals surface area contributed by atoms with Crippen LogP contribution in [0.4, 0.5) is 0 Å². The van der Waals surface area contributed by atoms with Crippen molar-refractivity contribution in [2.75, 3.05) is 13.7 Å². The molecule has 0 amide bonds. The summed E-state index contributed by atoms with van der Waals surface area (Å²) in [5.74, 6) is 2.03. The third-order valence-corrected chi connectivity index (χ3v) is 3.79. The zero-order valence-electron chi connectivity index (χ0n) is 15.8. The van der Waals surface area contributed by atoms with Gasteiger partial charge in [0.25, 0.3) is 0 Å². The molecule has 0 heterocycles. The Labute approximate surface area is 155 Å². The molecule has 0 aliphatic heterocycles. The van der Waals surface area contributed by atoms with Crippen LogP contribution in [0.2, 0.25) is 0 Å². The van der Waals surface area contributed by atoms with Crippen LogP contribution in [0.3, 0.4) is 0 Å². The predicted molar refractivity (Wildman–Crippen MR) is 104 cm³/mol. The van der Waals surface area contributed by atoms with Crippen molar-refractivity contribution in [2.24, 2.45) is 5.92 Å². The zero-order valence-corrected chi connectivity index (χ0v) is 15.8. The molecule has 0 aliphatic rings. The molecule has 2 aromatic carbocycles. The van der Waals surface area contributed by atoms with E-state index in [0.717, 1.165) is 17.5 Å². The maximum absolute atomic E-state index is 11.9. The van der Waals surface area contributed by atoms with Crippen LogP contribution in [0.25, 0.3) is 6.08 Å². The standard InChI is InChI=1S/C22H26O4/c1-16(2)13-14-25-20-11-7-18(15-21(20)24-4)8-12-22(23)26-19-9-5-17(3)6-10-19/h5-12,15-16H,13-14H2,1-4H3/b12-8+. The molecule has 2 aromatic rings. The summed E-state index contributed by atoms with van der Waals surface area (Å²) in [5, 5.41) is 0. The number of esters is 1. The second-order valence-electron chi connectivity index (χ2n) is 6.51. The number of carbonyl (C=O) groups is 1. The quantitative estimate of drug-likeness (QED) is 0.378. The molecule has 0 aromatic heterocycles. The number of ether oxygens (including phenoxy) is 3. The Kier molecular flexibility index (Phi) is 7.27. The topological polar surface area (TPSA) is 44.8 Å². The van der Waals surface area contributed by atoms with E-state index >= 15 is 0 Å². The summed E-state index contributed by atoms with van der Waals surface area (Å²) in [4.78, 5) is 11.9. The van der Waals surface area contributed by atoms with Crippen LogP contribution in [0.1, 0.15) is 31.4 Å². The van der Waals surface area contributed by atoms with E-state index in [1.807, 2.05) is 37.3 Å². The van der Waals surface area contributed by atoms with Gasteiger partial charge < -0.3 is 14.2 Å². The average Bonchev–Trinajstić information content (AvgIpc) is 2.62. The van der Waals surface area contributed by atoms with E-state index in [9.17, 15) is 4.79 Å². The number of hydrogen-bond acceptors (Lipinski definition) is 4. The van der Waals surface area contributed by atoms with Gasteiger partial charge in [-0.3, -0.25) is 0 Å². The first-order chi connectivity index (χ1) is 12.5. The van der Waals surface area contributed by atoms with Crippen LogP contribution in [0.5, 0.6) is 17.2 Å². The van der Waals surface area contributed by atoms with E-state index in [2.05, 4.69) is 13.8 Å². The van der Waals surface area contributed by atoms with E-state index in [-0.39, 0.29) is 0 Å². The lowest BCUT2D eigenvalue weighted by Crippen LogP contribution is -2.03. The maximum Gasteiger partial charge on any atom is 0.336 e. The van der Waals surface area contributed by atoms with Gasteiger partial charge in [0.05, 0.1) is 13.7 Å². The number of benzene rings is 2. The first-order valence-corrected chi connectivity index (χ1v) is 8.75. The van der Waals surface area contributed by atoms with Crippen LogP contribution >= 0.6 is 0 Å². The Morgan fingerprint density at radius 3 is 2.46 bits per heavy atom. The summed E-state index contributed by atoms with van der Waals surface area (Å²) in [7, 11) is 1.60. The van der Waals surface area contributed by atoms with Gasteiger partial charge in [0.15, 0.2) is 11.5 Å². The molecule has 0 N–H and O–H groups in total. The van der Waals surface area contributed by atoms with E-state index < -0.39 is 5.97 Å². The minimum Gasteiger partial charge on any atom is -0.493 e. The second kappa shape index (κ2) is 9.66. The smallest absolute Gasteiger partial charge is 0.336 e. The van der Waals surface area contributed by atoms with Crippen molar-refractivity contribution >= 4 is 12.0 Å². The van der Waals surface area contributed by atoms with Crippen LogP contribution in [0.15, 0.2) is 48.5 Å². The zero-order chi connectivity index (χ0) is 18.9.